The number of alkyl halides is 2. The average molecular weight is 386 g/mol. The third kappa shape index (κ3) is 4.17. The maximum absolute atomic E-state index is 14.6. The lowest BCUT2D eigenvalue weighted by Crippen LogP contribution is -2.28. The lowest BCUT2D eigenvalue weighted by atomic mass is 9.95. The summed E-state index contributed by atoms with van der Waals surface area (Å²) in [6, 6.07) is 18.3. The van der Waals surface area contributed by atoms with Crippen LogP contribution in [0.25, 0.3) is 11.1 Å². The smallest absolute Gasteiger partial charge is 0.381 e. The van der Waals surface area contributed by atoms with Gasteiger partial charge in [-0.15, -0.1) is 0 Å². The van der Waals surface area contributed by atoms with Crippen molar-refractivity contribution in [3.63, 3.8) is 0 Å². The first-order chi connectivity index (χ1) is 13.4. The van der Waals surface area contributed by atoms with Crippen LogP contribution in [0.15, 0.2) is 72.8 Å². The summed E-state index contributed by atoms with van der Waals surface area (Å²) in [4.78, 5) is 11.6. The number of carbonyl (C=O) groups is 1. The van der Waals surface area contributed by atoms with Gasteiger partial charge < -0.3 is 9.47 Å². The van der Waals surface area contributed by atoms with E-state index in [1.54, 1.807) is 0 Å². The Labute approximate surface area is 160 Å². The van der Waals surface area contributed by atoms with E-state index in [4.69, 9.17) is 4.74 Å². The molecule has 0 saturated heterocycles. The Morgan fingerprint density at radius 2 is 1.71 bits per heavy atom. The highest BCUT2D eigenvalue weighted by Gasteiger charge is 2.44. The normalized spacial score (nSPS) is 11.1. The SMILES string of the molecule is COC(=O)C(F)(F)c1ccc(OCc2ccccc2)cc1-c1cccc(F)c1. The first-order valence-electron chi connectivity index (χ1n) is 8.45. The van der Waals surface area contributed by atoms with Crippen molar-refractivity contribution in [2.75, 3.05) is 7.11 Å². The van der Waals surface area contributed by atoms with Gasteiger partial charge in [-0.25, -0.2) is 9.18 Å². The molecule has 3 nitrogen and oxygen atoms in total. The summed E-state index contributed by atoms with van der Waals surface area (Å²) in [7, 11) is 0.884. The third-order valence-electron chi connectivity index (χ3n) is 4.16. The van der Waals surface area contributed by atoms with Crippen LogP contribution in [0.1, 0.15) is 11.1 Å². The van der Waals surface area contributed by atoms with Crippen LogP contribution in [-0.2, 0) is 22.1 Å². The van der Waals surface area contributed by atoms with Gasteiger partial charge in [0.1, 0.15) is 18.2 Å². The van der Waals surface area contributed by atoms with Gasteiger partial charge in [0.2, 0.25) is 0 Å². The Balaban J connectivity index is 2.02. The molecule has 0 N–H and O–H groups in total. The number of hydrogen-bond donors (Lipinski definition) is 0. The van der Waals surface area contributed by atoms with Crippen LogP contribution in [-0.4, -0.2) is 13.1 Å². The van der Waals surface area contributed by atoms with Gasteiger partial charge in [0.25, 0.3) is 0 Å². The topological polar surface area (TPSA) is 35.5 Å². The molecule has 28 heavy (non-hydrogen) atoms. The second-order valence-electron chi connectivity index (χ2n) is 6.06. The minimum atomic E-state index is -3.89. The molecule has 0 saturated carbocycles. The minimum Gasteiger partial charge on any atom is -0.489 e. The molecule has 0 unspecified atom stereocenters. The number of rotatable bonds is 6. The number of benzene rings is 3. The molecule has 0 fully saturated rings. The van der Waals surface area contributed by atoms with E-state index in [-0.39, 0.29) is 17.7 Å². The van der Waals surface area contributed by atoms with Crippen molar-refractivity contribution in [3.8, 4) is 16.9 Å². The molecule has 0 aliphatic rings. The monoisotopic (exact) mass is 386 g/mol. The zero-order valence-electron chi connectivity index (χ0n) is 15.0. The van der Waals surface area contributed by atoms with Crippen molar-refractivity contribution >= 4 is 5.97 Å². The maximum Gasteiger partial charge on any atom is 0.381 e. The van der Waals surface area contributed by atoms with Gasteiger partial charge in [-0.3, -0.25) is 0 Å². The van der Waals surface area contributed by atoms with Crippen LogP contribution in [0.2, 0.25) is 0 Å². The Kier molecular flexibility index (Phi) is 5.68. The molecule has 3 aromatic carbocycles. The molecule has 3 rings (SSSR count). The molecule has 0 aliphatic carbocycles. The summed E-state index contributed by atoms with van der Waals surface area (Å²) in [6.07, 6.45) is 0. The van der Waals surface area contributed by atoms with E-state index in [9.17, 15) is 18.0 Å². The molecule has 0 amide bonds. The van der Waals surface area contributed by atoms with Gasteiger partial charge in [0, 0.05) is 5.56 Å². The maximum atomic E-state index is 14.6. The fourth-order valence-corrected chi connectivity index (χ4v) is 2.76. The van der Waals surface area contributed by atoms with Crippen molar-refractivity contribution < 1.29 is 27.4 Å². The Hall–Kier alpha value is -3.28. The molecule has 0 aromatic heterocycles. The quantitative estimate of drug-likeness (QED) is 0.537. The van der Waals surface area contributed by atoms with Crippen LogP contribution >= 0.6 is 0 Å². The van der Waals surface area contributed by atoms with Gasteiger partial charge in [-0.1, -0.05) is 42.5 Å². The first kappa shape index (κ1) is 19.5. The van der Waals surface area contributed by atoms with Crippen molar-refractivity contribution in [1.82, 2.24) is 0 Å². The molecule has 0 spiro atoms. The number of methoxy groups -OCH3 is 1. The van der Waals surface area contributed by atoms with Crippen LogP contribution in [0.3, 0.4) is 0 Å². The second kappa shape index (κ2) is 8.17. The van der Waals surface area contributed by atoms with Gasteiger partial charge in [-0.2, -0.15) is 8.78 Å². The van der Waals surface area contributed by atoms with Crippen LogP contribution in [0, 0.1) is 5.82 Å². The molecule has 144 valence electrons. The minimum absolute atomic E-state index is 0.0135. The average Bonchev–Trinajstić information content (AvgIpc) is 2.72. The molecular formula is C22H17F3O3. The molecule has 0 atom stereocenters. The molecule has 3 aromatic rings. The van der Waals surface area contributed by atoms with E-state index < -0.39 is 23.3 Å². The fraction of sp³-hybridized carbons (Fsp3) is 0.136. The first-order valence-corrected chi connectivity index (χ1v) is 8.45. The van der Waals surface area contributed by atoms with Crippen molar-refractivity contribution in [1.29, 1.82) is 0 Å². The zero-order chi connectivity index (χ0) is 20.1. The van der Waals surface area contributed by atoms with Crippen LogP contribution in [0.4, 0.5) is 13.2 Å². The van der Waals surface area contributed by atoms with Crippen LogP contribution < -0.4 is 4.74 Å². The molecule has 6 heteroatoms. The highest BCUT2D eigenvalue weighted by molar-refractivity contribution is 5.84. The Morgan fingerprint density at radius 1 is 0.964 bits per heavy atom. The van der Waals surface area contributed by atoms with Crippen molar-refractivity contribution in [3.05, 3.63) is 89.7 Å². The van der Waals surface area contributed by atoms with E-state index in [0.29, 0.717) is 5.75 Å². The van der Waals surface area contributed by atoms with Gasteiger partial charge in [0.15, 0.2) is 0 Å². The Bertz CT molecular complexity index is 972. The van der Waals surface area contributed by atoms with Gasteiger partial charge in [-0.05, 0) is 47.0 Å². The van der Waals surface area contributed by atoms with E-state index in [1.807, 2.05) is 30.3 Å². The predicted molar refractivity (Wildman–Crippen MR) is 98.5 cm³/mol. The molecule has 0 bridgehead atoms. The van der Waals surface area contributed by atoms with Gasteiger partial charge in [0.05, 0.1) is 7.11 Å². The molecule has 0 radical (unpaired) electrons. The summed E-state index contributed by atoms with van der Waals surface area (Å²) < 4.78 is 52.7. The predicted octanol–water partition coefficient (Wildman–Crippen LogP) is 5.34. The van der Waals surface area contributed by atoms with Crippen molar-refractivity contribution in [2.45, 2.75) is 12.5 Å². The fourth-order valence-electron chi connectivity index (χ4n) is 2.76. The van der Waals surface area contributed by atoms with E-state index in [1.165, 1.54) is 30.3 Å². The number of esters is 1. The van der Waals surface area contributed by atoms with Crippen LogP contribution in [0.5, 0.6) is 5.75 Å². The van der Waals surface area contributed by atoms with E-state index >= 15 is 0 Å². The number of halogens is 3. The largest absolute Gasteiger partial charge is 0.489 e. The molecule has 0 aliphatic heterocycles. The second-order valence-corrected chi connectivity index (χ2v) is 6.06. The number of carbonyl (C=O) groups excluding carboxylic acids is 1. The third-order valence-corrected chi connectivity index (χ3v) is 4.16. The van der Waals surface area contributed by atoms with E-state index in [2.05, 4.69) is 4.74 Å². The summed E-state index contributed by atoms with van der Waals surface area (Å²) in [5.41, 5.74) is 0.500. The summed E-state index contributed by atoms with van der Waals surface area (Å²) in [5.74, 6) is -5.86. The van der Waals surface area contributed by atoms with E-state index in [0.717, 1.165) is 24.8 Å². The summed E-state index contributed by atoms with van der Waals surface area (Å²) >= 11 is 0. The van der Waals surface area contributed by atoms with Crippen molar-refractivity contribution in [2.24, 2.45) is 0 Å². The lowest BCUT2D eigenvalue weighted by Gasteiger charge is -2.19. The number of ether oxygens (including phenoxy) is 2. The summed E-state index contributed by atoms with van der Waals surface area (Å²) in [6.45, 7) is 0.232. The van der Waals surface area contributed by atoms with Gasteiger partial charge >= 0.3 is 11.9 Å². The molecular weight excluding hydrogens is 369 g/mol. The molecule has 0 heterocycles. The highest BCUT2D eigenvalue weighted by atomic mass is 19.3. The Morgan fingerprint density at radius 3 is 2.39 bits per heavy atom. The lowest BCUT2D eigenvalue weighted by molar-refractivity contribution is -0.170. The zero-order valence-corrected chi connectivity index (χ0v) is 15.0. The highest BCUT2D eigenvalue weighted by Crippen LogP contribution is 2.39. The number of hydrogen-bond acceptors (Lipinski definition) is 3. The standard InChI is InChI=1S/C22H17F3O3/c1-27-21(26)22(24,25)20-11-10-18(28-14-15-6-3-2-4-7-15)13-19(20)16-8-5-9-17(23)12-16/h2-13H,14H2,1H3. The summed E-state index contributed by atoms with van der Waals surface area (Å²) in [5, 5.41) is 0.